The molecule has 2 unspecified atom stereocenters. The summed E-state index contributed by atoms with van der Waals surface area (Å²) in [5.74, 6) is 0.692. The second kappa shape index (κ2) is 10.1. The van der Waals surface area contributed by atoms with E-state index in [-0.39, 0.29) is 17.7 Å². The number of ether oxygens (including phenoxy) is 1. The Bertz CT molecular complexity index is 1430. The number of anilines is 1. The molecule has 0 saturated carbocycles. The molecule has 4 heterocycles. The number of nitrogens with one attached hydrogen (secondary N) is 1. The lowest BCUT2D eigenvalue weighted by molar-refractivity contribution is 0.0906. The first-order chi connectivity index (χ1) is 18.1. The van der Waals surface area contributed by atoms with Crippen LogP contribution >= 0.6 is 0 Å². The van der Waals surface area contributed by atoms with Gasteiger partial charge in [-0.1, -0.05) is 29.8 Å². The highest BCUT2D eigenvalue weighted by atomic mass is 16.5. The van der Waals surface area contributed by atoms with E-state index >= 15 is 0 Å². The molecule has 0 bridgehead atoms. The summed E-state index contributed by atoms with van der Waals surface area (Å²) in [4.78, 5) is 21.5. The lowest BCUT2D eigenvalue weighted by Crippen LogP contribution is -2.49. The topological polar surface area (TPSA) is 92.2 Å². The van der Waals surface area contributed by atoms with E-state index in [0.29, 0.717) is 17.9 Å². The number of aryl methyl sites for hydroxylation is 2. The number of tetrazole rings is 1. The first-order valence-electron chi connectivity index (χ1n) is 13.1. The SMILES string of the molecule is Cc1cc(C)c2[nH]c(=O)c(C(c3nnnn3CC3CCCO3)N3CCN(c4ccccc4)CC3)cc2c1. The van der Waals surface area contributed by atoms with Crippen LogP contribution in [0.4, 0.5) is 5.69 Å². The Balaban J connectivity index is 1.39. The van der Waals surface area contributed by atoms with Gasteiger partial charge in [-0.15, -0.1) is 5.10 Å². The molecule has 0 radical (unpaired) electrons. The van der Waals surface area contributed by atoms with Crippen LogP contribution in [0, 0.1) is 13.8 Å². The van der Waals surface area contributed by atoms with Gasteiger partial charge in [-0.3, -0.25) is 9.69 Å². The summed E-state index contributed by atoms with van der Waals surface area (Å²) in [5.41, 5.74) is 4.91. The van der Waals surface area contributed by atoms with Gasteiger partial charge in [0, 0.05) is 44.0 Å². The molecule has 2 atom stereocenters. The summed E-state index contributed by atoms with van der Waals surface area (Å²) in [6.45, 7) is 8.78. The van der Waals surface area contributed by atoms with Gasteiger partial charge in [-0.2, -0.15) is 0 Å². The zero-order valence-electron chi connectivity index (χ0n) is 21.4. The Hall–Kier alpha value is -3.56. The van der Waals surface area contributed by atoms with Crippen LogP contribution in [0.3, 0.4) is 0 Å². The average Bonchev–Trinajstić information content (AvgIpc) is 3.59. The number of fused-ring (bicyclic) bond motifs is 1. The van der Waals surface area contributed by atoms with Crippen molar-refractivity contribution in [3.8, 4) is 0 Å². The van der Waals surface area contributed by atoms with Gasteiger partial charge in [0.25, 0.3) is 5.56 Å². The number of rotatable bonds is 6. The van der Waals surface area contributed by atoms with Gasteiger partial charge in [-0.05, 0) is 72.3 Å². The number of H-pyrrole nitrogens is 1. The molecule has 6 rings (SSSR count). The van der Waals surface area contributed by atoms with Gasteiger partial charge < -0.3 is 14.6 Å². The predicted octanol–water partition coefficient (Wildman–Crippen LogP) is 3.22. The molecule has 0 amide bonds. The lowest BCUT2D eigenvalue weighted by atomic mass is 10.00. The Kier molecular flexibility index (Phi) is 6.48. The second-order valence-electron chi connectivity index (χ2n) is 10.2. The number of benzene rings is 2. The molecule has 0 aliphatic carbocycles. The molecule has 2 saturated heterocycles. The number of hydrogen-bond acceptors (Lipinski definition) is 7. The molecule has 192 valence electrons. The molecular formula is C28H33N7O2. The predicted molar refractivity (Wildman–Crippen MR) is 143 cm³/mol. The fourth-order valence-corrected chi connectivity index (χ4v) is 5.80. The highest BCUT2D eigenvalue weighted by molar-refractivity contribution is 5.83. The molecule has 9 nitrogen and oxygen atoms in total. The quantitative estimate of drug-likeness (QED) is 0.435. The molecule has 2 aromatic carbocycles. The second-order valence-corrected chi connectivity index (χ2v) is 10.2. The summed E-state index contributed by atoms with van der Waals surface area (Å²) in [5, 5.41) is 13.9. The Morgan fingerprint density at radius 1 is 1.08 bits per heavy atom. The van der Waals surface area contributed by atoms with Gasteiger partial charge in [0.05, 0.1) is 18.2 Å². The largest absolute Gasteiger partial charge is 0.376 e. The van der Waals surface area contributed by atoms with Gasteiger partial charge in [0.15, 0.2) is 5.82 Å². The van der Waals surface area contributed by atoms with E-state index in [4.69, 9.17) is 4.74 Å². The lowest BCUT2D eigenvalue weighted by Gasteiger charge is -2.39. The Morgan fingerprint density at radius 2 is 1.89 bits per heavy atom. The van der Waals surface area contributed by atoms with E-state index in [1.165, 1.54) is 11.3 Å². The Morgan fingerprint density at radius 3 is 2.65 bits per heavy atom. The van der Waals surface area contributed by atoms with Crippen molar-refractivity contribution in [3.05, 3.63) is 81.4 Å². The maximum absolute atomic E-state index is 13.6. The fourth-order valence-electron chi connectivity index (χ4n) is 5.80. The average molecular weight is 500 g/mol. The fraction of sp³-hybridized carbons (Fsp3) is 0.429. The van der Waals surface area contributed by atoms with E-state index in [1.54, 1.807) is 0 Å². The van der Waals surface area contributed by atoms with Crippen molar-refractivity contribution in [3.63, 3.8) is 0 Å². The smallest absolute Gasteiger partial charge is 0.253 e. The maximum atomic E-state index is 13.6. The maximum Gasteiger partial charge on any atom is 0.253 e. The first kappa shape index (κ1) is 23.8. The summed E-state index contributed by atoms with van der Waals surface area (Å²) in [6, 6.07) is 16.4. The number of nitrogens with zero attached hydrogens (tertiary/aromatic N) is 6. The van der Waals surface area contributed by atoms with Crippen molar-refractivity contribution >= 4 is 16.6 Å². The third-order valence-corrected chi connectivity index (χ3v) is 7.62. The third-order valence-electron chi connectivity index (χ3n) is 7.62. The Labute approximate surface area is 216 Å². The first-order valence-corrected chi connectivity index (χ1v) is 13.1. The van der Waals surface area contributed by atoms with Crippen LogP contribution < -0.4 is 10.5 Å². The van der Waals surface area contributed by atoms with Gasteiger partial charge in [-0.25, -0.2) is 4.68 Å². The molecule has 2 fully saturated rings. The molecule has 0 spiro atoms. The molecule has 9 heteroatoms. The van der Waals surface area contributed by atoms with Gasteiger partial charge in [0.2, 0.25) is 0 Å². The van der Waals surface area contributed by atoms with Crippen LogP contribution in [0.15, 0.2) is 53.3 Å². The zero-order chi connectivity index (χ0) is 25.4. The number of para-hydroxylation sites is 1. The molecule has 2 aliphatic heterocycles. The van der Waals surface area contributed by atoms with E-state index in [0.717, 1.165) is 62.1 Å². The minimum absolute atomic E-state index is 0.0954. The van der Waals surface area contributed by atoms with Crippen molar-refractivity contribution in [1.82, 2.24) is 30.1 Å². The highest BCUT2D eigenvalue weighted by Crippen LogP contribution is 2.30. The molecule has 2 aliphatic rings. The number of aromatic amines is 1. The molecule has 2 aromatic heterocycles. The summed E-state index contributed by atoms with van der Waals surface area (Å²) >= 11 is 0. The van der Waals surface area contributed by atoms with Crippen LogP contribution in [0.5, 0.6) is 0 Å². The van der Waals surface area contributed by atoms with Crippen LogP contribution in [-0.2, 0) is 11.3 Å². The van der Waals surface area contributed by atoms with E-state index < -0.39 is 0 Å². The summed E-state index contributed by atoms with van der Waals surface area (Å²) < 4.78 is 7.72. The van der Waals surface area contributed by atoms with Crippen LogP contribution in [-0.4, -0.2) is 69.0 Å². The van der Waals surface area contributed by atoms with Crippen LogP contribution in [0.2, 0.25) is 0 Å². The highest BCUT2D eigenvalue weighted by Gasteiger charge is 2.33. The van der Waals surface area contributed by atoms with E-state index in [1.807, 2.05) is 23.7 Å². The van der Waals surface area contributed by atoms with Crippen molar-refractivity contribution in [1.29, 1.82) is 0 Å². The summed E-state index contributed by atoms with van der Waals surface area (Å²) in [6.07, 6.45) is 2.14. The zero-order valence-corrected chi connectivity index (χ0v) is 21.4. The van der Waals surface area contributed by atoms with Crippen molar-refractivity contribution < 1.29 is 4.74 Å². The normalized spacial score (nSPS) is 19.5. The standard InChI is InChI=1S/C28H33N7O2/c1-19-15-20(2)25-21(16-19)17-24(28(36)29-25)26(27-30-31-32-35(27)18-23-9-6-14-37-23)34-12-10-33(11-13-34)22-7-4-3-5-8-22/h3-5,7-8,15-17,23,26H,6,9-14,18H2,1-2H3,(H,29,36). The van der Waals surface area contributed by atoms with Gasteiger partial charge >= 0.3 is 0 Å². The molecular weight excluding hydrogens is 466 g/mol. The van der Waals surface area contributed by atoms with Crippen molar-refractivity contribution in [2.45, 2.75) is 45.4 Å². The van der Waals surface area contributed by atoms with Crippen LogP contribution in [0.1, 0.15) is 41.4 Å². The van der Waals surface area contributed by atoms with Crippen molar-refractivity contribution in [2.75, 3.05) is 37.7 Å². The number of piperazine rings is 1. The molecule has 1 N–H and O–H groups in total. The molecule has 4 aromatic rings. The third kappa shape index (κ3) is 4.76. The van der Waals surface area contributed by atoms with Crippen molar-refractivity contribution in [2.24, 2.45) is 0 Å². The molecule has 37 heavy (non-hydrogen) atoms. The minimum Gasteiger partial charge on any atom is -0.376 e. The van der Waals surface area contributed by atoms with E-state index in [2.05, 4.69) is 73.6 Å². The minimum atomic E-state index is -0.358. The van der Waals surface area contributed by atoms with Gasteiger partial charge in [0.1, 0.15) is 6.04 Å². The monoisotopic (exact) mass is 499 g/mol. The summed E-state index contributed by atoms with van der Waals surface area (Å²) in [7, 11) is 0. The number of aromatic nitrogens is 5. The number of pyridine rings is 1. The van der Waals surface area contributed by atoms with E-state index in [9.17, 15) is 4.79 Å². The van der Waals surface area contributed by atoms with Crippen LogP contribution in [0.25, 0.3) is 10.9 Å². The number of hydrogen-bond donors (Lipinski definition) is 1.